The Morgan fingerprint density at radius 1 is 0.750 bits per heavy atom. The fourth-order valence-corrected chi connectivity index (χ4v) is 16.4. The molecule has 1 unspecified atom stereocenters. The van der Waals surface area contributed by atoms with E-state index in [4.69, 9.17) is 23.9 Å². The standard InChI is InChI=1S/C12H31ClO3Si4/c1-11-12(13)20(14-17(2,3)4,15-18(5,6)7)16-19(8,9)10/h11-12H,1H2,2-10H3. The minimum absolute atomic E-state index is 0.396. The van der Waals surface area contributed by atoms with Crippen LogP contribution in [0.1, 0.15) is 0 Å². The van der Waals surface area contributed by atoms with Gasteiger partial charge in [0.25, 0.3) is 0 Å². The van der Waals surface area contributed by atoms with E-state index in [2.05, 4.69) is 65.5 Å². The summed E-state index contributed by atoms with van der Waals surface area (Å²) in [4.78, 5) is 0. The third-order valence-corrected chi connectivity index (χ3v) is 14.5. The molecule has 0 aromatic rings. The van der Waals surface area contributed by atoms with Gasteiger partial charge in [-0.1, -0.05) is 6.08 Å². The Morgan fingerprint density at radius 3 is 1.15 bits per heavy atom. The van der Waals surface area contributed by atoms with Gasteiger partial charge >= 0.3 is 8.80 Å². The van der Waals surface area contributed by atoms with Gasteiger partial charge in [-0.25, -0.2) is 0 Å². The predicted molar refractivity (Wildman–Crippen MR) is 98.9 cm³/mol. The minimum atomic E-state index is -2.97. The second-order valence-electron chi connectivity index (χ2n) is 7.88. The quantitative estimate of drug-likeness (QED) is 0.348. The lowest BCUT2D eigenvalue weighted by Gasteiger charge is -2.44. The van der Waals surface area contributed by atoms with Crippen molar-refractivity contribution in [3.8, 4) is 0 Å². The molecule has 0 radical (unpaired) electrons. The largest absolute Gasteiger partial charge is 0.492 e. The van der Waals surface area contributed by atoms with Crippen molar-refractivity contribution in [3.05, 3.63) is 12.7 Å². The van der Waals surface area contributed by atoms with E-state index in [-0.39, 0.29) is 0 Å². The number of rotatable bonds is 8. The van der Waals surface area contributed by atoms with Gasteiger partial charge in [-0.2, -0.15) is 0 Å². The van der Waals surface area contributed by atoms with Crippen LogP contribution in [0.2, 0.25) is 58.9 Å². The highest BCUT2D eigenvalue weighted by atomic mass is 35.5. The van der Waals surface area contributed by atoms with E-state index in [0.717, 1.165) is 0 Å². The van der Waals surface area contributed by atoms with Crippen LogP contribution in [0.15, 0.2) is 12.7 Å². The van der Waals surface area contributed by atoms with Crippen molar-refractivity contribution >= 4 is 45.4 Å². The van der Waals surface area contributed by atoms with E-state index in [1.807, 2.05) is 0 Å². The van der Waals surface area contributed by atoms with Crippen molar-refractivity contribution < 1.29 is 12.3 Å². The van der Waals surface area contributed by atoms with Crippen LogP contribution in [0.3, 0.4) is 0 Å². The molecular weight excluding hydrogens is 340 g/mol. The van der Waals surface area contributed by atoms with Crippen LogP contribution < -0.4 is 0 Å². The molecular formula is C12H31ClO3Si4. The van der Waals surface area contributed by atoms with Crippen molar-refractivity contribution in [3.63, 3.8) is 0 Å². The molecule has 0 bridgehead atoms. The van der Waals surface area contributed by atoms with E-state index >= 15 is 0 Å². The van der Waals surface area contributed by atoms with Crippen LogP contribution in [0.4, 0.5) is 0 Å². The maximum atomic E-state index is 6.54. The van der Waals surface area contributed by atoms with Gasteiger partial charge in [0.05, 0.1) is 0 Å². The predicted octanol–water partition coefficient (Wildman–Crippen LogP) is 4.81. The molecule has 8 heteroatoms. The monoisotopic (exact) mass is 370 g/mol. The second kappa shape index (κ2) is 6.91. The molecule has 0 heterocycles. The zero-order chi connectivity index (χ0) is 16.4. The number of alkyl halides is 1. The zero-order valence-electron chi connectivity index (χ0n) is 14.5. The summed E-state index contributed by atoms with van der Waals surface area (Å²) >= 11 is 6.54. The van der Waals surface area contributed by atoms with Crippen LogP contribution in [0.5, 0.6) is 0 Å². The van der Waals surface area contributed by atoms with Crippen molar-refractivity contribution in [2.45, 2.75) is 63.9 Å². The molecule has 0 saturated carbocycles. The molecule has 0 rings (SSSR count). The minimum Gasteiger partial charge on any atom is -0.416 e. The van der Waals surface area contributed by atoms with E-state index < -0.39 is 38.8 Å². The Bertz CT molecular complexity index is 290. The maximum absolute atomic E-state index is 6.54. The molecule has 0 N–H and O–H groups in total. The molecule has 0 amide bonds. The Labute approximate surface area is 134 Å². The number of halogens is 1. The molecule has 0 saturated heterocycles. The topological polar surface area (TPSA) is 27.7 Å². The van der Waals surface area contributed by atoms with Gasteiger partial charge in [-0.05, 0) is 58.9 Å². The van der Waals surface area contributed by atoms with Crippen LogP contribution >= 0.6 is 11.6 Å². The maximum Gasteiger partial charge on any atom is 0.492 e. The Kier molecular flexibility index (Phi) is 7.17. The molecule has 3 nitrogen and oxygen atoms in total. The van der Waals surface area contributed by atoms with Crippen LogP contribution in [0.25, 0.3) is 0 Å². The molecule has 20 heavy (non-hydrogen) atoms. The van der Waals surface area contributed by atoms with Crippen LogP contribution in [0, 0.1) is 0 Å². The summed E-state index contributed by atoms with van der Waals surface area (Å²) in [6.07, 6.45) is 1.70. The van der Waals surface area contributed by atoms with Crippen molar-refractivity contribution in [2.24, 2.45) is 0 Å². The number of hydrogen-bond acceptors (Lipinski definition) is 3. The van der Waals surface area contributed by atoms with Gasteiger partial charge in [0.2, 0.25) is 0 Å². The summed E-state index contributed by atoms with van der Waals surface area (Å²) in [5.74, 6) is 0. The lowest BCUT2D eigenvalue weighted by molar-refractivity contribution is 0.253. The second-order valence-corrected chi connectivity index (χ2v) is 25.7. The molecule has 0 fully saturated rings. The molecule has 0 aliphatic heterocycles. The zero-order valence-corrected chi connectivity index (χ0v) is 19.2. The molecule has 0 aliphatic carbocycles. The summed E-state index contributed by atoms with van der Waals surface area (Å²) in [7, 11) is -8.51. The van der Waals surface area contributed by atoms with Gasteiger partial charge in [0, 0.05) is 0 Å². The molecule has 0 aromatic heterocycles. The Morgan fingerprint density at radius 2 is 1.00 bits per heavy atom. The first-order valence-corrected chi connectivity index (χ1v) is 19.4. The third-order valence-electron chi connectivity index (χ3n) is 1.89. The highest BCUT2D eigenvalue weighted by molar-refractivity contribution is 6.93. The normalized spacial score (nSPS) is 16.1. The molecule has 120 valence electrons. The summed E-state index contributed by atoms with van der Waals surface area (Å²) in [6.45, 7) is 23.1. The van der Waals surface area contributed by atoms with E-state index in [9.17, 15) is 0 Å². The first kappa shape index (κ1) is 20.8. The van der Waals surface area contributed by atoms with Crippen molar-refractivity contribution in [1.29, 1.82) is 0 Å². The summed E-state index contributed by atoms with van der Waals surface area (Å²) < 4.78 is 19.3. The highest BCUT2D eigenvalue weighted by Gasteiger charge is 2.54. The average Bonchev–Trinajstić information content (AvgIpc) is 2.07. The first-order valence-electron chi connectivity index (χ1n) is 6.97. The molecule has 0 aliphatic rings. The van der Waals surface area contributed by atoms with Crippen LogP contribution in [-0.4, -0.2) is 38.8 Å². The van der Waals surface area contributed by atoms with Gasteiger partial charge < -0.3 is 12.3 Å². The highest BCUT2D eigenvalue weighted by Crippen LogP contribution is 2.31. The molecule has 1 atom stereocenters. The summed E-state index contributed by atoms with van der Waals surface area (Å²) in [5.41, 5.74) is 0. The average molecular weight is 371 g/mol. The molecule has 0 aromatic carbocycles. The van der Waals surface area contributed by atoms with E-state index in [0.29, 0.717) is 0 Å². The number of allylic oxidation sites excluding steroid dienone is 1. The Hall–Kier alpha value is 0.778. The third kappa shape index (κ3) is 8.28. The van der Waals surface area contributed by atoms with Gasteiger partial charge in [-0.3, -0.25) is 0 Å². The smallest absolute Gasteiger partial charge is 0.416 e. The fourth-order valence-electron chi connectivity index (χ4n) is 1.66. The summed E-state index contributed by atoms with van der Waals surface area (Å²) in [5, 5.41) is -0.396. The lowest BCUT2D eigenvalue weighted by atomic mass is 10.8. The van der Waals surface area contributed by atoms with Crippen molar-refractivity contribution in [2.75, 3.05) is 0 Å². The molecule has 0 spiro atoms. The van der Waals surface area contributed by atoms with Gasteiger partial charge in [0.1, 0.15) is 5.00 Å². The Balaban J connectivity index is 5.69. The van der Waals surface area contributed by atoms with Crippen LogP contribution in [-0.2, 0) is 12.3 Å². The van der Waals surface area contributed by atoms with E-state index in [1.54, 1.807) is 6.08 Å². The summed E-state index contributed by atoms with van der Waals surface area (Å²) in [6, 6.07) is 0. The van der Waals surface area contributed by atoms with Gasteiger partial charge in [-0.15, -0.1) is 18.2 Å². The van der Waals surface area contributed by atoms with Gasteiger partial charge in [0.15, 0.2) is 25.0 Å². The lowest BCUT2D eigenvalue weighted by Crippen LogP contribution is -2.65. The fraction of sp³-hybridized carbons (Fsp3) is 0.833. The van der Waals surface area contributed by atoms with Crippen molar-refractivity contribution in [1.82, 2.24) is 0 Å². The van der Waals surface area contributed by atoms with E-state index in [1.165, 1.54) is 0 Å². The first-order chi connectivity index (χ1) is 8.60. The number of hydrogen-bond donors (Lipinski definition) is 0. The SMILES string of the molecule is C=CC(Cl)[Si](O[Si](C)(C)C)(O[Si](C)(C)C)O[Si](C)(C)C.